The molecule has 6 nitrogen and oxygen atoms in total. The van der Waals surface area contributed by atoms with Crippen LogP contribution in [0.2, 0.25) is 0 Å². The van der Waals surface area contributed by atoms with Crippen molar-refractivity contribution in [1.29, 1.82) is 0 Å². The summed E-state index contributed by atoms with van der Waals surface area (Å²) in [5.74, 6) is 0.0191. The molecule has 11 heteroatoms. The number of fused-ring (bicyclic) bond motifs is 3. The number of hydrogen-bond donors (Lipinski definition) is 2. The number of halogens is 4. The molecule has 2 N–H and O–H groups in total. The normalized spacial score (nSPS) is 18.3. The number of carbonyl (C=O) groups is 1. The molecule has 1 atom stereocenters. The van der Waals surface area contributed by atoms with Crippen LogP contribution >= 0.6 is 36.2 Å². The van der Waals surface area contributed by atoms with Crippen LogP contribution in [-0.2, 0) is 0 Å². The monoisotopic (exact) mass is 595 g/mol. The zero-order chi connectivity index (χ0) is 25.4. The minimum Gasteiger partial charge on any atom is -0.352 e. The Hall–Kier alpha value is -2.30. The number of carbonyl (C=O) groups excluding carboxylic acids is 1. The summed E-state index contributed by atoms with van der Waals surface area (Å²) in [7, 11) is 0. The Balaban J connectivity index is 0.00000176. The van der Waals surface area contributed by atoms with E-state index in [2.05, 4.69) is 15.5 Å². The van der Waals surface area contributed by atoms with Gasteiger partial charge in [-0.1, -0.05) is 17.4 Å². The van der Waals surface area contributed by atoms with Gasteiger partial charge >= 0.3 is 0 Å². The fourth-order valence-electron chi connectivity index (χ4n) is 5.44. The first-order valence-electron chi connectivity index (χ1n) is 13.1. The number of imidazole rings is 1. The van der Waals surface area contributed by atoms with Crippen molar-refractivity contribution in [3.05, 3.63) is 59.5 Å². The molecular weight excluding hydrogens is 563 g/mol. The Morgan fingerprint density at radius 1 is 1.13 bits per heavy atom. The third-order valence-corrected chi connectivity index (χ3v) is 8.63. The Labute approximate surface area is 243 Å². The Bertz CT molecular complexity index is 1430. The van der Waals surface area contributed by atoms with Crippen LogP contribution in [0.3, 0.4) is 0 Å². The maximum absolute atomic E-state index is 15.0. The fraction of sp³-hybridized carbons (Fsp3) is 0.429. The number of nitrogens with zero attached hydrogens (tertiary/aromatic N) is 3. The standard InChI is InChI=1S/C28H31F2N5OS.2ClH/c29-21-7-12-34(13-8-21)11-1-9-32-27(36)19-3-5-25-26(15-19)37-28-33-24(17-35(25)28)22-4-2-18(14-23(22)30)20-6-10-31-16-20;;/h2-5,14-15,17,20-21,31H,1,6-13,16H2,(H,32,36);2*1H/t20-;;/m0../s1. The van der Waals surface area contributed by atoms with Crippen molar-refractivity contribution < 1.29 is 13.6 Å². The third kappa shape index (κ3) is 6.38. The van der Waals surface area contributed by atoms with Crippen LogP contribution in [0.25, 0.3) is 26.4 Å². The fourth-order valence-corrected chi connectivity index (χ4v) is 6.48. The first-order valence-corrected chi connectivity index (χ1v) is 13.9. The maximum Gasteiger partial charge on any atom is 0.251 e. The minimum atomic E-state index is -0.663. The van der Waals surface area contributed by atoms with Gasteiger partial charge in [-0.25, -0.2) is 13.8 Å². The Kier molecular flexibility index (Phi) is 9.82. The van der Waals surface area contributed by atoms with Gasteiger partial charge in [0.1, 0.15) is 12.0 Å². The largest absolute Gasteiger partial charge is 0.352 e. The lowest BCUT2D eigenvalue weighted by atomic mass is 9.96. The van der Waals surface area contributed by atoms with Crippen LogP contribution in [0.1, 0.15) is 47.5 Å². The van der Waals surface area contributed by atoms with E-state index in [1.165, 1.54) is 11.3 Å². The number of amides is 1. The van der Waals surface area contributed by atoms with Gasteiger partial charge in [0.05, 0.1) is 15.9 Å². The Morgan fingerprint density at radius 3 is 2.69 bits per heavy atom. The van der Waals surface area contributed by atoms with Crippen molar-refractivity contribution in [1.82, 2.24) is 24.9 Å². The quantitative estimate of drug-likeness (QED) is 0.264. The number of piperidine rings is 1. The SMILES string of the molecule is Cl.Cl.O=C(NCCCN1CCC(F)CC1)c1ccc2c(c1)sc1nc(-c3ccc([C@H]4CCNC4)cc3F)cn12. The van der Waals surface area contributed by atoms with Gasteiger partial charge in [-0.3, -0.25) is 9.20 Å². The van der Waals surface area contributed by atoms with E-state index in [1.807, 2.05) is 40.9 Å². The lowest BCUT2D eigenvalue weighted by molar-refractivity contribution is 0.0950. The number of aromatic nitrogens is 2. The summed E-state index contributed by atoms with van der Waals surface area (Å²) in [5.41, 5.74) is 3.70. The van der Waals surface area contributed by atoms with Gasteiger partial charge in [0.2, 0.25) is 0 Å². The molecule has 4 heterocycles. The van der Waals surface area contributed by atoms with E-state index in [4.69, 9.17) is 4.98 Å². The lowest BCUT2D eigenvalue weighted by Crippen LogP contribution is -2.36. The van der Waals surface area contributed by atoms with Crippen molar-refractivity contribution in [2.75, 3.05) is 39.3 Å². The average molecular weight is 597 g/mol. The van der Waals surface area contributed by atoms with Gasteiger partial charge in [-0.15, -0.1) is 24.8 Å². The van der Waals surface area contributed by atoms with Crippen molar-refractivity contribution in [2.24, 2.45) is 0 Å². The molecule has 2 fully saturated rings. The Morgan fingerprint density at radius 2 is 1.95 bits per heavy atom. The van der Waals surface area contributed by atoms with Crippen LogP contribution in [0.4, 0.5) is 8.78 Å². The molecule has 39 heavy (non-hydrogen) atoms. The molecule has 0 bridgehead atoms. The van der Waals surface area contributed by atoms with Crippen molar-refractivity contribution in [3.8, 4) is 11.3 Å². The van der Waals surface area contributed by atoms with E-state index in [1.54, 1.807) is 6.07 Å². The summed E-state index contributed by atoms with van der Waals surface area (Å²) in [6.07, 6.45) is 4.30. The third-order valence-electron chi connectivity index (χ3n) is 7.61. The van der Waals surface area contributed by atoms with Crippen LogP contribution in [0, 0.1) is 5.82 Å². The molecular formula is C28H33Cl2F2N5OS. The highest BCUT2D eigenvalue weighted by Crippen LogP contribution is 2.32. The molecule has 210 valence electrons. The summed E-state index contributed by atoms with van der Waals surface area (Å²) in [6, 6.07) is 11.1. The van der Waals surface area contributed by atoms with Gasteiger partial charge in [0.25, 0.3) is 5.91 Å². The van der Waals surface area contributed by atoms with Gasteiger partial charge in [0.15, 0.2) is 4.96 Å². The first-order chi connectivity index (χ1) is 18.0. The van der Waals surface area contributed by atoms with E-state index in [0.29, 0.717) is 42.1 Å². The molecule has 0 radical (unpaired) electrons. The summed E-state index contributed by atoms with van der Waals surface area (Å²) in [4.78, 5) is 20.4. The predicted molar refractivity (Wildman–Crippen MR) is 158 cm³/mol. The van der Waals surface area contributed by atoms with Crippen LogP contribution < -0.4 is 10.6 Å². The number of alkyl halides is 1. The molecule has 2 saturated heterocycles. The highest BCUT2D eigenvalue weighted by molar-refractivity contribution is 7.23. The second-order valence-electron chi connectivity index (χ2n) is 10.1. The molecule has 0 aliphatic carbocycles. The average Bonchev–Trinajstić information content (AvgIpc) is 3.64. The second-order valence-corrected chi connectivity index (χ2v) is 11.1. The van der Waals surface area contributed by atoms with E-state index in [9.17, 15) is 13.6 Å². The zero-order valence-electron chi connectivity index (χ0n) is 21.5. The topological polar surface area (TPSA) is 61.7 Å². The first kappa shape index (κ1) is 29.7. The smallest absolute Gasteiger partial charge is 0.251 e. The number of thiazole rings is 1. The molecule has 4 aromatic rings. The highest BCUT2D eigenvalue weighted by atomic mass is 35.5. The highest BCUT2D eigenvalue weighted by Gasteiger charge is 2.20. The number of rotatable bonds is 7. The molecule has 2 aliphatic heterocycles. The molecule has 1 amide bonds. The van der Waals surface area contributed by atoms with E-state index in [0.717, 1.165) is 66.3 Å². The number of hydrogen-bond acceptors (Lipinski definition) is 5. The van der Waals surface area contributed by atoms with Crippen LogP contribution in [-0.4, -0.2) is 65.6 Å². The summed E-state index contributed by atoms with van der Waals surface area (Å²) in [6.45, 7) is 4.92. The summed E-state index contributed by atoms with van der Waals surface area (Å²) in [5, 5.41) is 6.33. The van der Waals surface area contributed by atoms with Gasteiger partial charge in [-0.05, 0) is 80.6 Å². The number of nitrogens with one attached hydrogen (secondary N) is 2. The van der Waals surface area contributed by atoms with Crippen LogP contribution in [0.5, 0.6) is 0 Å². The number of likely N-dealkylation sites (tertiary alicyclic amines) is 1. The predicted octanol–water partition coefficient (Wildman–Crippen LogP) is 5.83. The van der Waals surface area contributed by atoms with Crippen molar-refractivity contribution in [2.45, 2.75) is 37.8 Å². The molecule has 2 aromatic carbocycles. The molecule has 6 rings (SSSR count). The lowest BCUT2D eigenvalue weighted by Gasteiger charge is -2.28. The minimum absolute atomic E-state index is 0. The molecule has 0 spiro atoms. The summed E-state index contributed by atoms with van der Waals surface area (Å²) < 4.78 is 31.2. The molecule has 0 saturated carbocycles. The van der Waals surface area contributed by atoms with E-state index in [-0.39, 0.29) is 36.5 Å². The second kappa shape index (κ2) is 12.9. The van der Waals surface area contributed by atoms with Gasteiger partial charge in [-0.2, -0.15) is 0 Å². The van der Waals surface area contributed by atoms with Crippen LogP contribution in [0.15, 0.2) is 42.6 Å². The van der Waals surface area contributed by atoms with Gasteiger partial charge < -0.3 is 15.5 Å². The van der Waals surface area contributed by atoms with Crippen molar-refractivity contribution in [3.63, 3.8) is 0 Å². The maximum atomic E-state index is 15.0. The summed E-state index contributed by atoms with van der Waals surface area (Å²) >= 11 is 1.49. The van der Waals surface area contributed by atoms with Crippen molar-refractivity contribution >= 4 is 57.2 Å². The molecule has 0 unspecified atom stereocenters. The molecule has 2 aromatic heterocycles. The van der Waals surface area contributed by atoms with E-state index >= 15 is 0 Å². The zero-order valence-corrected chi connectivity index (χ0v) is 23.9. The molecule has 2 aliphatic rings. The number of benzene rings is 2. The van der Waals surface area contributed by atoms with Gasteiger partial charge in [0, 0.05) is 43.5 Å². The van der Waals surface area contributed by atoms with E-state index < -0.39 is 6.17 Å².